The molecule has 2 amide bonds. The summed E-state index contributed by atoms with van der Waals surface area (Å²) in [6, 6.07) is 8.30. The number of likely N-dealkylation sites (tertiary alicyclic amines) is 2. The Hall–Kier alpha value is -3.09. The van der Waals surface area contributed by atoms with Crippen LogP contribution in [0, 0.1) is 18.8 Å². The Morgan fingerprint density at radius 1 is 1.10 bits per heavy atom. The number of nitrogens with zero attached hydrogens (tertiary/aromatic N) is 5. The first-order valence-electron chi connectivity index (χ1n) is 10.1. The van der Waals surface area contributed by atoms with E-state index < -0.39 is 0 Å². The SMILES string of the molecule is CC(=O)N1C[C@H]2CN(C(=O)c3cnn4ccn(C)c34)C[C@H]2[C@@H]1c1ccccc1C. The number of aromatic nitrogens is 3. The van der Waals surface area contributed by atoms with Gasteiger partial charge in [0.15, 0.2) is 0 Å². The molecule has 0 bridgehead atoms. The molecule has 2 aliphatic rings. The van der Waals surface area contributed by atoms with Crippen molar-refractivity contribution in [1.29, 1.82) is 0 Å². The van der Waals surface area contributed by atoms with E-state index in [9.17, 15) is 9.59 Å². The van der Waals surface area contributed by atoms with Crippen LogP contribution in [0.5, 0.6) is 0 Å². The smallest absolute Gasteiger partial charge is 0.259 e. The van der Waals surface area contributed by atoms with Gasteiger partial charge in [0.1, 0.15) is 11.2 Å². The number of hydrogen-bond acceptors (Lipinski definition) is 3. The van der Waals surface area contributed by atoms with Crippen molar-refractivity contribution in [3.63, 3.8) is 0 Å². The van der Waals surface area contributed by atoms with Gasteiger partial charge < -0.3 is 14.4 Å². The lowest BCUT2D eigenvalue weighted by molar-refractivity contribution is -0.130. The number of aryl methyl sites for hydroxylation is 2. The third-order valence-electron chi connectivity index (χ3n) is 6.63. The number of imidazole rings is 1. The van der Waals surface area contributed by atoms with E-state index in [4.69, 9.17) is 0 Å². The van der Waals surface area contributed by atoms with Crippen molar-refractivity contribution in [3.05, 3.63) is 59.5 Å². The van der Waals surface area contributed by atoms with Crippen molar-refractivity contribution < 1.29 is 9.59 Å². The van der Waals surface area contributed by atoms with Crippen LogP contribution >= 0.6 is 0 Å². The number of carbonyl (C=O) groups excluding carboxylic acids is 2. The van der Waals surface area contributed by atoms with Gasteiger partial charge in [0.05, 0.1) is 12.2 Å². The second-order valence-electron chi connectivity index (χ2n) is 8.34. The van der Waals surface area contributed by atoms with E-state index in [2.05, 4.69) is 24.2 Å². The fourth-order valence-electron chi connectivity index (χ4n) is 5.22. The lowest BCUT2D eigenvalue weighted by Crippen LogP contribution is -2.36. The standard InChI is InChI=1S/C22H25N5O2/c1-14-6-4-5-7-17(14)20-19-13-25(11-16(19)12-26(20)15(2)28)22(29)18-10-23-27-9-8-24(3)21(18)27/h4-10,16,19-20H,11-13H2,1-3H3/t16-,19-,20+/m1/s1. The summed E-state index contributed by atoms with van der Waals surface area (Å²) in [5, 5.41) is 4.31. The van der Waals surface area contributed by atoms with E-state index >= 15 is 0 Å². The maximum absolute atomic E-state index is 13.3. The van der Waals surface area contributed by atoms with Crippen molar-refractivity contribution in [2.75, 3.05) is 19.6 Å². The average molecular weight is 391 g/mol. The molecule has 0 spiro atoms. The molecule has 5 rings (SSSR count). The summed E-state index contributed by atoms with van der Waals surface area (Å²) in [5.41, 5.74) is 3.83. The molecule has 2 aromatic heterocycles. The number of benzene rings is 1. The molecule has 7 nitrogen and oxygen atoms in total. The second kappa shape index (κ2) is 6.47. The van der Waals surface area contributed by atoms with E-state index in [1.165, 1.54) is 11.1 Å². The quantitative estimate of drug-likeness (QED) is 0.673. The summed E-state index contributed by atoms with van der Waals surface area (Å²) >= 11 is 0. The Morgan fingerprint density at radius 2 is 1.90 bits per heavy atom. The molecule has 0 aliphatic carbocycles. The minimum absolute atomic E-state index is 0.0223. The van der Waals surface area contributed by atoms with Crippen LogP contribution in [0.15, 0.2) is 42.9 Å². The molecular formula is C22H25N5O2. The van der Waals surface area contributed by atoms with Crippen LogP contribution < -0.4 is 0 Å². The molecule has 3 aromatic rings. The number of amides is 2. The highest BCUT2D eigenvalue weighted by Gasteiger charge is 2.50. The topological polar surface area (TPSA) is 62.9 Å². The maximum Gasteiger partial charge on any atom is 0.259 e. The van der Waals surface area contributed by atoms with E-state index in [0.717, 1.165) is 5.65 Å². The number of fused-ring (bicyclic) bond motifs is 2. The first kappa shape index (κ1) is 18.0. The molecular weight excluding hydrogens is 366 g/mol. The van der Waals surface area contributed by atoms with Crippen LogP contribution in [-0.4, -0.2) is 55.4 Å². The minimum atomic E-state index is 0.0223. The second-order valence-corrected chi connectivity index (χ2v) is 8.34. The van der Waals surface area contributed by atoms with E-state index in [1.807, 2.05) is 45.9 Å². The van der Waals surface area contributed by atoms with Crippen molar-refractivity contribution in [1.82, 2.24) is 24.0 Å². The highest BCUT2D eigenvalue weighted by molar-refractivity contribution is 6.00. The molecule has 2 saturated heterocycles. The van der Waals surface area contributed by atoms with Crippen molar-refractivity contribution in [3.8, 4) is 0 Å². The lowest BCUT2D eigenvalue weighted by atomic mass is 9.87. The molecule has 2 aliphatic heterocycles. The maximum atomic E-state index is 13.3. The Morgan fingerprint density at radius 3 is 2.66 bits per heavy atom. The van der Waals surface area contributed by atoms with Crippen LogP contribution in [0.1, 0.15) is 34.5 Å². The van der Waals surface area contributed by atoms with Crippen LogP contribution in [0.3, 0.4) is 0 Å². The summed E-state index contributed by atoms with van der Waals surface area (Å²) in [6.07, 6.45) is 5.41. The predicted molar refractivity (Wildman–Crippen MR) is 108 cm³/mol. The van der Waals surface area contributed by atoms with Crippen molar-refractivity contribution in [2.24, 2.45) is 18.9 Å². The van der Waals surface area contributed by atoms with Crippen LogP contribution in [0.25, 0.3) is 5.65 Å². The van der Waals surface area contributed by atoms with Gasteiger partial charge in [-0.1, -0.05) is 24.3 Å². The Bertz CT molecular complexity index is 1110. The van der Waals surface area contributed by atoms with Gasteiger partial charge in [0.25, 0.3) is 5.91 Å². The summed E-state index contributed by atoms with van der Waals surface area (Å²) in [4.78, 5) is 29.6. The minimum Gasteiger partial charge on any atom is -0.338 e. The molecule has 0 radical (unpaired) electrons. The van der Waals surface area contributed by atoms with E-state index in [0.29, 0.717) is 31.1 Å². The Labute approximate surface area is 169 Å². The predicted octanol–water partition coefficient (Wildman–Crippen LogP) is 2.27. The zero-order chi connectivity index (χ0) is 20.3. The highest BCUT2D eigenvalue weighted by Crippen LogP contribution is 2.46. The first-order valence-corrected chi connectivity index (χ1v) is 10.1. The van der Waals surface area contributed by atoms with E-state index in [1.54, 1.807) is 17.6 Å². The molecule has 0 saturated carbocycles. The fourth-order valence-corrected chi connectivity index (χ4v) is 5.22. The molecule has 0 unspecified atom stereocenters. The molecule has 0 N–H and O–H groups in total. The van der Waals surface area contributed by atoms with Gasteiger partial charge in [0, 0.05) is 57.8 Å². The van der Waals surface area contributed by atoms with E-state index in [-0.39, 0.29) is 23.8 Å². The first-order chi connectivity index (χ1) is 14.0. The third kappa shape index (κ3) is 2.68. The van der Waals surface area contributed by atoms with Gasteiger partial charge in [-0.2, -0.15) is 5.10 Å². The molecule has 7 heteroatoms. The average Bonchev–Trinajstić information content (AvgIpc) is 3.43. The zero-order valence-electron chi connectivity index (χ0n) is 16.9. The highest BCUT2D eigenvalue weighted by atomic mass is 16.2. The molecule has 3 atom stereocenters. The number of carbonyl (C=O) groups is 2. The molecule has 29 heavy (non-hydrogen) atoms. The molecule has 4 heterocycles. The third-order valence-corrected chi connectivity index (χ3v) is 6.63. The summed E-state index contributed by atoms with van der Waals surface area (Å²) in [6.45, 7) is 5.79. The summed E-state index contributed by atoms with van der Waals surface area (Å²) < 4.78 is 3.66. The van der Waals surface area contributed by atoms with Gasteiger partial charge >= 0.3 is 0 Å². The summed E-state index contributed by atoms with van der Waals surface area (Å²) in [5.74, 6) is 0.678. The largest absolute Gasteiger partial charge is 0.338 e. The molecule has 2 fully saturated rings. The zero-order valence-corrected chi connectivity index (χ0v) is 16.9. The van der Waals surface area contributed by atoms with Gasteiger partial charge in [-0.3, -0.25) is 9.59 Å². The summed E-state index contributed by atoms with van der Waals surface area (Å²) in [7, 11) is 1.92. The van der Waals surface area contributed by atoms with Crippen molar-refractivity contribution in [2.45, 2.75) is 19.9 Å². The molecule has 1 aromatic carbocycles. The number of rotatable bonds is 2. The van der Waals surface area contributed by atoms with Crippen LogP contribution in [-0.2, 0) is 11.8 Å². The lowest BCUT2D eigenvalue weighted by Gasteiger charge is -2.30. The Balaban J connectivity index is 1.46. The van der Waals surface area contributed by atoms with Crippen LogP contribution in [0.2, 0.25) is 0 Å². The van der Waals surface area contributed by atoms with Crippen molar-refractivity contribution >= 4 is 17.5 Å². The number of hydrogen-bond donors (Lipinski definition) is 0. The van der Waals surface area contributed by atoms with Gasteiger partial charge in [-0.05, 0) is 18.1 Å². The van der Waals surface area contributed by atoms with Gasteiger partial charge in [0.2, 0.25) is 5.91 Å². The van der Waals surface area contributed by atoms with Crippen LogP contribution in [0.4, 0.5) is 0 Å². The van der Waals surface area contributed by atoms with Gasteiger partial charge in [-0.25, -0.2) is 4.52 Å². The molecule has 150 valence electrons. The fraction of sp³-hybridized carbons (Fsp3) is 0.409. The monoisotopic (exact) mass is 391 g/mol. The Kier molecular flexibility index (Phi) is 4.01. The van der Waals surface area contributed by atoms with Gasteiger partial charge in [-0.15, -0.1) is 0 Å². The normalized spacial score (nSPS) is 23.8.